The molecule has 1 aliphatic heterocycles. The van der Waals surface area contributed by atoms with Gasteiger partial charge in [0.05, 0.1) is 6.10 Å². The van der Waals surface area contributed by atoms with Crippen molar-refractivity contribution in [1.82, 2.24) is 4.90 Å². The van der Waals surface area contributed by atoms with Gasteiger partial charge in [0.25, 0.3) is 0 Å². The quantitative estimate of drug-likeness (QED) is 0.642. The lowest BCUT2D eigenvalue weighted by Crippen LogP contribution is -2.46. The van der Waals surface area contributed by atoms with Crippen LogP contribution in [-0.4, -0.2) is 46.9 Å². The fourth-order valence-electron chi connectivity index (χ4n) is 1.67. The highest BCUT2D eigenvalue weighted by Crippen LogP contribution is 2.14. The SMILES string of the molecule is CC(C)(C)OC(=O)N1CCCC(O)C(N)C1. The Morgan fingerprint density at radius 3 is 2.69 bits per heavy atom. The highest BCUT2D eigenvalue weighted by atomic mass is 16.6. The number of hydrogen-bond acceptors (Lipinski definition) is 4. The van der Waals surface area contributed by atoms with Crippen LogP contribution in [0.15, 0.2) is 0 Å². The van der Waals surface area contributed by atoms with E-state index in [1.165, 1.54) is 0 Å². The third-order valence-electron chi connectivity index (χ3n) is 2.51. The average molecular weight is 230 g/mol. The van der Waals surface area contributed by atoms with Crippen molar-refractivity contribution in [3.63, 3.8) is 0 Å². The highest BCUT2D eigenvalue weighted by molar-refractivity contribution is 5.68. The molecule has 0 saturated carbocycles. The predicted molar refractivity (Wildman–Crippen MR) is 61.0 cm³/mol. The van der Waals surface area contributed by atoms with Gasteiger partial charge < -0.3 is 20.5 Å². The smallest absolute Gasteiger partial charge is 0.410 e. The molecule has 0 spiro atoms. The lowest BCUT2D eigenvalue weighted by molar-refractivity contribution is 0.0238. The average Bonchev–Trinajstić information content (AvgIpc) is 2.27. The molecule has 2 atom stereocenters. The molecule has 2 unspecified atom stereocenters. The van der Waals surface area contributed by atoms with E-state index in [4.69, 9.17) is 10.5 Å². The first-order chi connectivity index (χ1) is 7.29. The maximum Gasteiger partial charge on any atom is 0.410 e. The van der Waals surface area contributed by atoms with Gasteiger partial charge in [-0.05, 0) is 33.6 Å². The maximum absolute atomic E-state index is 11.8. The third-order valence-corrected chi connectivity index (χ3v) is 2.51. The number of nitrogens with zero attached hydrogens (tertiary/aromatic N) is 1. The number of rotatable bonds is 0. The van der Waals surface area contributed by atoms with Crippen molar-refractivity contribution in [2.45, 2.75) is 51.4 Å². The van der Waals surface area contributed by atoms with Crippen molar-refractivity contribution >= 4 is 6.09 Å². The van der Waals surface area contributed by atoms with Gasteiger partial charge in [0.2, 0.25) is 0 Å². The Balaban J connectivity index is 2.56. The molecule has 0 aliphatic carbocycles. The molecule has 1 fully saturated rings. The zero-order valence-electron chi connectivity index (χ0n) is 10.3. The third kappa shape index (κ3) is 3.98. The molecule has 0 aromatic carbocycles. The lowest BCUT2D eigenvalue weighted by Gasteiger charge is -2.27. The number of ether oxygens (including phenoxy) is 1. The number of aliphatic hydroxyl groups excluding tert-OH is 1. The monoisotopic (exact) mass is 230 g/mol. The number of carbonyl (C=O) groups excluding carboxylic acids is 1. The van der Waals surface area contributed by atoms with E-state index >= 15 is 0 Å². The Bertz CT molecular complexity index is 250. The summed E-state index contributed by atoms with van der Waals surface area (Å²) in [5.74, 6) is 0. The molecule has 0 bridgehead atoms. The Hall–Kier alpha value is -0.810. The molecular weight excluding hydrogens is 208 g/mol. The van der Waals surface area contributed by atoms with Crippen LogP contribution in [-0.2, 0) is 4.74 Å². The number of aliphatic hydroxyl groups is 1. The zero-order valence-corrected chi connectivity index (χ0v) is 10.3. The van der Waals surface area contributed by atoms with Gasteiger partial charge in [0.1, 0.15) is 5.60 Å². The first-order valence-electron chi connectivity index (χ1n) is 5.71. The molecule has 0 aromatic heterocycles. The Kier molecular flexibility index (Phi) is 4.15. The fraction of sp³-hybridized carbons (Fsp3) is 0.909. The molecule has 5 nitrogen and oxygen atoms in total. The molecule has 16 heavy (non-hydrogen) atoms. The van der Waals surface area contributed by atoms with Crippen LogP contribution in [0.25, 0.3) is 0 Å². The minimum Gasteiger partial charge on any atom is -0.444 e. The van der Waals surface area contributed by atoms with E-state index in [9.17, 15) is 9.90 Å². The highest BCUT2D eigenvalue weighted by Gasteiger charge is 2.28. The van der Waals surface area contributed by atoms with Gasteiger partial charge in [-0.3, -0.25) is 0 Å². The molecule has 1 heterocycles. The molecule has 1 saturated heterocycles. The van der Waals surface area contributed by atoms with Crippen LogP contribution >= 0.6 is 0 Å². The van der Waals surface area contributed by atoms with E-state index in [1.807, 2.05) is 20.8 Å². The van der Waals surface area contributed by atoms with E-state index in [2.05, 4.69) is 0 Å². The Morgan fingerprint density at radius 2 is 2.12 bits per heavy atom. The van der Waals surface area contributed by atoms with Gasteiger partial charge in [0.15, 0.2) is 0 Å². The van der Waals surface area contributed by atoms with E-state index in [1.54, 1.807) is 4.90 Å². The second-order valence-corrected chi connectivity index (χ2v) is 5.30. The minimum atomic E-state index is -0.521. The minimum absolute atomic E-state index is 0.350. The van der Waals surface area contributed by atoms with Crippen molar-refractivity contribution in [3.8, 4) is 0 Å². The van der Waals surface area contributed by atoms with Crippen LogP contribution in [0.2, 0.25) is 0 Å². The molecule has 0 radical (unpaired) electrons. The summed E-state index contributed by atoms with van der Waals surface area (Å²) in [5.41, 5.74) is 5.28. The summed E-state index contributed by atoms with van der Waals surface area (Å²) in [6, 6.07) is -0.380. The molecule has 5 heteroatoms. The molecular formula is C11H22N2O3. The summed E-state index contributed by atoms with van der Waals surface area (Å²) in [7, 11) is 0. The Labute approximate surface area is 96.6 Å². The first-order valence-corrected chi connectivity index (χ1v) is 5.71. The summed E-state index contributed by atoms with van der Waals surface area (Å²) in [6.07, 6.45) is 0.527. The van der Waals surface area contributed by atoms with E-state index < -0.39 is 11.7 Å². The summed E-state index contributed by atoms with van der Waals surface area (Å²) >= 11 is 0. The molecule has 3 N–H and O–H groups in total. The zero-order chi connectivity index (χ0) is 12.3. The van der Waals surface area contributed by atoms with E-state index in [-0.39, 0.29) is 12.1 Å². The maximum atomic E-state index is 11.8. The number of amides is 1. The fourth-order valence-corrected chi connectivity index (χ4v) is 1.67. The summed E-state index contributed by atoms with van der Waals surface area (Å²) in [4.78, 5) is 13.4. The van der Waals surface area contributed by atoms with Gasteiger partial charge in [-0.25, -0.2) is 4.79 Å². The Morgan fingerprint density at radius 1 is 1.50 bits per heavy atom. The standard InChI is InChI=1S/C11H22N2O3/c1-11(2,3)16-10(15)13-6-4-5-9(14)8(12)7-13/h8-9,14H,4-7,12H2,1-3H3. The number of nitrogens with two attached hydrogens (primary N) is 1. The second kappa shape index (κ2) is 5.01. The largest absolute Gasteiger partial charge is 0.444 e. The van der Waals surface area contributed by atoms with Crippen LogP contribution in [0.3, 0.4) is 0 Å². The van der Waals surface area contributed by atoms with Crippen molar-refractivity contribution in [3.05, 3.63) is 0 Å². The van der Waals surface area contributed by atoms with Crippen LogP contribution in [0, 0.1) is 0 Å². The predicted octanol–water partition coefficient (Wildman–Crippen LogP) is 0.706. The van der Waals surface area contributed by atoms with E-state index in [0.29, 0.717) is 19.5 Å². The van der Waals surface area contributed by atoms with Gasteiger partial charge in [-0.2, -0.15) is 0 Å². The van der Waals surface area contributed by atoms with E-state index in [0.717, 1.165) is 6.42 Å². The lowest BCUT2D eigenvalue weighted by atomic mass is 10.1. The topological polar surface area (TPSA) is 75.8 Å². The molecule has 94 valence electrons. The van der Waals surface area contributed by atoms with Crippen LogP contribution < -0.4 is 5.73 Å². The van der Waals surface area contributed by atoms with Gasteiger partial charge in [0, 0.05) is 19.1 Å². The molecule has 1 rings (SSSR count). The van der Waals surface area contributed by atoms with Crippen LogP contribution in [0.4, 0.5) is 4.79 Å². The summed E-state index contributed by atoms with van der Waals surface area (Å²) < 4.78 is 5.27. The van der Waals surface area contributed by atoms with Gasteiger partial charge in [-0.1, -0.05) is 0 Å². The normalized spacial score (nSPS) is 27.4. The number of likely N-dealkylation sites (tertiary alicyclic amines) is 1. The molecule has 1 aliphatic rings. The van der Waals surface area contributed by atoms with Crippen molar-refractivity contribution in [1.29, 1.82) is 0 Å². The summed E-state index contributed by atoms with van der Waals surface area (Å²) in [5, 5.41) is 9.59. The first kappa shape index (κ1) is 13.3. The van der Waals surface area contributed by atoms with Crippen LogP contribution in [0.1, 0.15) is 33.6 Å². The van der Waals surface area contributed by atoms with Crippen molar-refractivity contribution in [2.75, 3.05) is 13.1 Å². The number of hydrogen-bond donors (Lipinski definition) is 2. The van der Waals surface area contributed by atoms with Crippen molar-refractivity contribution in [2.24, 2.45) is 5.73 Å². The van der Waals surface area contributed by atoms with Gasteiger partial charge in [-0.15, -0.1) is 0 Å². The van der Waals surface area contributed by atoms with Gasteiger partial charge >= 0.3 is 6.09 Å². The second-order valence-electron chi connectivity index (χ2n) is 5.30. The van der Waals surface area contributed by atoms with Crippen LogP contribution in [0.5, 0.6) is 0 Å². The van der Waals surface area contributed by atoms with Crippen molar-refractivity contribution < 1.29 is 14.6 Å². The number of carbonyl (C=O) groups is 1. The summed E-state index contributed by atoms with van der Waals surface area (Å²) in [6.45, 7) is 6.45. The molecule has 0 aromatic rings. The molecule has 1 amide bonds.